The van der Waals surface area contributed by atoms with Crippen molar-refractivity contribution in [2.24, 2.45) is 5.41 Å². The zero-order chi connectivity index (χ0) is 15.1. The Kier molecular flexibility index (Phi) is 4.05. The molecule has 1 N–H and O–H groups in total. The van der Waals surface area contributed by atoms with Gasteiger partial charge in [-0.1, -0.05) is 19.0 Å². The van der Waals surface area contributed by atoms with Crippen LogP contribution in [0.2, 0.25) is 0 Å². The first kappa shape index (κ1) is 15.3. The molecule has 2 atom stereocenters. The third kappa shape index (κ3) is 2.85. The van der Waals surface area contributed by atoms with Crippen molar-refractivity contribution in [2.75, 3.05) is 18.6 Å². The summed E-state index contributed by atoms with van der Waals surface area (Å²) in [5.41, 5.74) is -0.0686. The van der Waals surface area contributed by atoms with Gasteiger partial charge in [-0.05, 0) is 31.1 Å². The number of hydrogen-bond acceptors (Lipinski definition) is 6. The van der Waals surface area contributed by atoms with E-state index in [0.29, 0.717) is 17.1 Å². The molecule has 0 spiro atoms. The molecule has 1 aromatic heterocycles. The fraction of sp³-hybridized carbons (Fsp3) is 0.867. The van der Waals surface area contributed by atoms with Crippen LogP contribution in [0, 0.1) is 5.41 Å². The first-order chi connectivity index (χ1) is 9.96. The van der Waals surface area contributed by atoms with Gasteiger partial charge in [-0.2, -0.15) is 16.7 Å². The van der Waals surface area contributed by atoms with E-state index in [4.69, 9.17) is 9.26 Å². The van der Waals surface area contributed by atoms with Crippen LogP contribution in [0.25, 0.3) is 0 Å². The van der Waals surface area contributed by atoms with Gasteiger partial charge in [-0.25, -0.2) is 0 Å². The van der Waals surface area contributed by atoms with Crippen LogP contribution in [-0.2, 0) is 10.3 Å². The third-order valence-corrected chi connectivity index (χ3v) is 6.19. The van der Waals surface area contributed by atoms with Gasteiger partial charge in [0.05, 0.1) is 12.0 Å². The van der Waals surface area contributed by atoms with Gasteiger partial charge in [0.1, 0.15) is 5.60 Å². The molecule has 2 fully saturated rings. The van der Waals surface area contributed by atoms with Crippen LogP contribution in [0.15, 0.2) is 4.52 Å². The molecule has 2 heterocycles. The summed E-state index contributed by atoms with van der Waals surface area (Å²) >= 11 is 1.73. The molecule has 1 aliphatic heterocycles. The van der Waals surface area contributed by atoms with Crippen molar-refractivity contribution < 1.29 is 14.4 Å². The van der Waals surface area contributed by atoms with E-state index in [1.54, 1.807) is 18.9 Å². The highest BCUT2D eigenvalue weighted by Crippen LogP contribution is 2.46. The topological polar surface area (TPSA) is 68.4 Å². The fourth-order valence-corrected chi connectivity index (χ4v) is 4.43. The van der Waals surface area contributed by atoms with E-state index >= 15 is 0 Å². The Hall–Kier alpha value is -0.590. The normalized spacial score (nSPS) is 31.4. The van der Waals surface area contributed by atoms with E-state index < -0.39 is 5.60 Å². The largest absolute Gasteiger partial charge is 0.391 e. The van der Waals surface area contributed by atoms with Crippen molar-refractivity contribution in [3.05, 3.63) is 11.7 Å². The molecule has 6 heteroatoms. The van der Waals surface area contributed by atoms with Crippen molar-refractivity contribution in [2.45, 2.75) is 57.2 Å². The van der Waals surface area contributed by atoms with Gasteiger partial charge < -0.3 is 14.4 Å². The highest BCUT2D eigenvalue weighted by Gasteiger charge is 2.44. The molecule has 0 radical (unpaired) electrons. The van der Waals surface area contributed by atoms with Gasteiger partial charge in [0.15, 0.2) is 0 Å². The Bertz CT molecular complexity index is 493. The summed E-state index contributed by atoms with van der Waals surface area (Å²) in [6, 6.07) is 0. The average Bonchev–Trinajstić information content (AvgIpc) is 3.08. The average molecular weight is 312 g/mol. The Balaban J connectivity index is 1.81. The van der Waals surface area contributed by atoms with Crippen LogP contribution in [-0.4, -0.2) is 40.0 Å². The molecule has 1 aliphatic carbocycles. The Morgan fingerprint density at radius 2 is 1.95 bits per heavy atom. The quantitative estimate of drug-likeness (QED) is 0.925. The summed E-state index contributed by atoms with van der Waals surface area (Å²) in [4.78, 5) is 4.58. The van der Waals surface area contributed by atoms with Crippen LogP contribution in [0.1, 0.15) is 57.2 Å². The standard InChI is InChI=1S/C15H24N2O3S/c1-14(2)4-6-15(19-3,7-5-14)13-16-12(20-17-13)10-8-21-9-11(10)18/h10-11,18H,4-9H2,1-3H3. The van der Waals surface area contributed by atoms with Gasteiger partial charge >= 0.3 is 0 Å². The zero-order valence-electron chi connectivity index (χ0n) is 13.0. The molecule has 118 valence electrons. The van der Waals surface area contributed by atoms with Gasteiger partial charge in [0.2, 0.25) is 11.7 Å². The van der Waals surface area contributed by atoms with Crippen LogP contribution in [0.4, 0.5) is 0 Å². The Labute approximate surface area is 129 Å². The molecule has 2 unspecified atom stereocenters. The predicted octanol–water partition coefficient (Wildman–Crippen LogP) is 2.70. The summed E-state index contributed by atoms with van der Waals surface area (Å²) in [7, 11) is 1.73. The maximum Gasteiger partial charge on any atom is 0.233 e. The maximum atomic E-state index is 9.97. The monoisotopic (exact) mass is 312 g/mol. The minimum Gasteiger partial charge on any atom is -0.391 e. The number of thioether (sulfide) groups is 1. The number of aliphatic hydroxyl groups excluding tert-OH is 1. The highest BCUT2D eigenvalue weighted by molar-refractivity contribution is 7.99. The second kappa shape index (κ2) is 5.56. The lowest BCUT2D eigenvalue weighted by atomic mass is 9.70. The van der Waals surface area contributed by atoms with Crippen LogP contribution in [0.3, 0.4) is 0 Å². The minimum atomic E-state index is -0.423. The Morgan fingerprint density at radius 3 is 2.52 bits per heavy atom. The van der Waals surface area contributed by atoms with Crippen molar-refractivity contribution in [1.82, 2.24) is 10.1 Å². The molecule has 0 aromatic carbocycles. The van der Waals surface area contributed by atoms with E-state index in [0.717, 1.165) is 37.2 Å². The summed E-state index contributed by atoms with van der Waals surface area (Å²) in [6.45, 7) is 4.58. The SMILES string of the molecule is COC1(c2noc(C3CSCC3O)n2)CCC(C)(C)CC1. The molecule has 5 nitrogen and oxygen atoms in total. The smallest absolute Gasteiger partial charge is 0.233 e. The number of aromatic nitrogens is 2. The van der Waals surface area contributed by atoms with E-state index in [9.17, 15) is 5.11 Å². The van der Waals surface area contributed by atoms with Gasteiger partial charge in [-0.15, -0.1) is 0 Å². The summed E-state index contributed by atoms with van der Waals surface area (Å²) in [5.74, 6) is 2.76. The summed E-state index contributed by atoms with van der Waals surface area (Å²) in [5, 5.41) is 14.2. The lowest BCUT2D eigenvalue weighted by Crippen LogP contribution is -2.37. The first-order valence-electron chi connectivity index (χ1n) is 7.61. The van der Waals surface area contributed by atoms with Gasteiger partial charge in [-0.3, -0.25) is 0 Å². The zero-order valence-corrected chi connectivity index (χ0v) is 13.8. The molecule has 0 bridgehead atoms. The van der Waals surface area contributed by atoms with Crippen LogP contribution < -0.4 is 0 Å². The number of hydrogen-bond donors (Lipinski definition) is 1. The van der Waals surface area contributed by atoms with Crippen molar-refractivity contribution >= 4 is 11.8 Å². The van der Waals surface area contributed by atoms with E-state index in [1.165, 1.54) is 0 Å². The van der Waals surface area contributed by atoms with Crippen molar-refractivity contribution in [3.63, 3.8) is 0 Å². The van der Waals surface area contributed by atoms with Gasteiger partial charge in [0, 0.05) is 18.6 Å². The lowest BCUT2D eigenvalue weighted by molar-refractivity contribution is -0.0740. The minimum absolute atomic E-state index is 0.0369. The van der Waals surface area contributed by atoms with Gasteiger partial charge in [0.25, 0.3) is 0 Å². The number of rotatable bonds is 3. The molecule has 2 aliphatic rings. The lowest BCUT2D eigenvalue weighted by Gasteiger charge is -2.40. The number of ether oxygens (including phenoxy) is 1. The fourth-order valence-electron chi connectivity index (χ4n) is 3.20. The number of aliphatic hydroxyl groups is 1. The second-order valence-corrected chi connectivity index (χ2v) is 8.11. The molecule has 21 heavy (non-hydrogen) atoms. The molecular formula is C15H24N2O3S. The van der Waals surface area contributed by atoms with E-state index in [1.807, 2.05) is 0 Å². The predicted molar refractivity (Wildman–Crippen MR) is 81.3 cm³/mol. The summed E-state index contributed by atoms with van der Waals surface area (Å²) in [6.07, 6.45) is 3.63. The molecule has 3 rings (SSSR count). The van der Waals surface area contributed by atoms with E-state index in [-0.39, 0.29) is 12.0 Å². The van der Waals surface area contributed by atoms with E-state index in [2.05, 4.69) is 24.0 Å². The van der Waals surface area contributed by atoms with Crippen molar-refractivity contribution in [3.8, 4) is 0 Å². The maximum absolute atomic E-state index is 9.97. The second-order valence-electron chi connectivity index (χ2n) is 7.03. The molecule has 1 saturated carbocycles. The number of methoxy groups -OCH3 is 1. The van der Waals surface area contributed by atoms with Crippen LogP contribution >= 0.6 is 11.8 Å². The highest BCUT2D eigenvalue weighted by atomic mass is 32.2. The molecule has 1 aromatic rings. The Morgan fingerprint density at radius 1 is 1.24 bits per heavy atom. The van der Waals surface area contributed by atoms with Crippen molar-refractivity contribution in [1.29, 1.82) is 0 Å². The van der Waals surface area contributed by atoms with Crippen LogP contribution in [0.5, 0.6) is 0 Å². The summed E-state index contributed by atoms with van der Waals surface area (Å²) < 4.78 is 11.2. The molecule has 1 saturated heterocycles. The molecule has 0 amide bonds. The molecular weight excluding hydrogens is 288 g/mol. The third-order valence-electron chi connectivity index (χ3n) is 5.02. The first-order valence-corrected chi connectivity index (χ1v) is 8.76. The number of nitrogens with zero attached hydrogens (tertiary/aromatic N) is 2.